The summed E-state index contributed by atoms with van der Waals surface area (Å²) in [6, 6.07) is 12.9. The number of amides is 2. The highest BCUT2D eigenvalue weighted by atomic mass is 16.5. The van der Waals surface area contributed by atoms with Crippen LogP contribution in [0.2, 0.25) is 0 Å². The molecule has 3 heterocycles. The zero-order valence-electron chi connectivity index (χ0n) is 18.2. The Morgan fingerprint density at radius 1 is 1.06 bits per heavy atom. The first-order valence-corrected chi connectivity index (χ1v) is 11.3. The SMILES string of the molecule is O=C(CN1CCCCCOc2ccccc2Nc2cccc(n2)C1=O)N1CCC(O)CC1. The molecular formula is C24H30N4O4. The van der Waals surface area contributed by atoms with Crippen LogP contribution in [-0.2, 0) is 4.79 Å². The fraction of sp³-hybridized carbons (Fsp3) is 0.458. The third-order valence-electron chi connectivity index (χ3n) is 5.88. The van der Waals surface area contributed by atoms with Gasteiger partial charge < -0.3 is 25.0 Å². The van der Waals surface area contributed by atoms with E-state index in [-0.39, 0.29) is 24.5 Å². The molecule has 1 fully saturated rings. The van der Waals surface area contributed by atoms with Gasteiger partial charge in [-0.3, -0.25) is 9.59 Å². The summed E-state index contributed by atoms with van der Waals surface area (Å²) in [5.41, 5.74) is 1.09. The van der Waals surface area contributed by atoms with Crippen molar-refractivity contribution in [2.24, 2.45) is 0 Å². The van der Waals surface area contributed by atoms with Crippen LogP contribution in [0, 0.1) is 0 Å². The van der Waals surface area contributed by atoms with Gasteiger partial charge in [-0.25, -0.2) is 4.98 Å². The topological polar surface area (TPSA) is 95.0 Å². The van der Waals surface area contributed by atoms with E-state index in [1.807, 2.05) is 24.3 Å². The Labute approximate surface area is 188 Å². The minimum Gasteiger partial charge on any atom is -0.491 e. The van der Waals surface area contributed by atoms with Gasteiger partial charge >= 0.3 is 0 Å². The van der Waals surface area contributed by atoms with Gasteiger partial charge in [-0.1, -0.05) is 18.2 Å². The van der Waals surface area contributed by atoms with E-state index in [0.29, 0.717) is 50.6 Å². The maximum Gasteiger partial charge on any atom is 0.273 e. The first-order valence-electron chi connectivity index (χ1n) is 11.3. The summed E-state index contributed by atoms with van der Waals surface area (Å²) in [6.07, 6.45) is 3.34. The highest BCUT2D eigenvalue weighted by Crippen LogP contribution is 2.27. The molecule has 0 saturated carbocycles. The lowest BCUT2D eigenvalue weighted by Crippen LogP contribution is -2.47. The number of hydrogen-bond acceptors (Lipinski definition) is 6. The van der Waals surface area contributed by atoms with Crippen LogP contribution < -0.4 is 10.1 Å². The molecule has 0 spiro atoms. The number of aliphatic hydroxyl groups excluding tert-OH is 1. The summed E-state index contributed by atoms with van der Waals surface area (Å²) in [5.74, 6) is 0.959. The molecule has 8 heteroatoms. The normalized spacial score (nSPS) is 18.2. The number of carbonyl (C=O) groups excluding carboxylic acids is 2. The number of likely N-dealkylation sites (tertiary alicyclic amines) is 1. The molecule has 32 heavy (non-hydrogen) atoms. The zero-order chi connectivity index (χ0) is 22.3. The largest absolute Gasteiger partial charge is 0.491 e. The van der Waals surface area contributed by atoms with Gasteiger partial charge in [-0.2, -0.15) is 0 Å². The predicted octanol–water partition coefficient (Wildman–Crippen LogP) is 2.81. The molecule has 0 unspecified atom stereocenters. The molecular weight excluding hydrogens is 408 g/mol. The van der Waals surface area contributed by atoms with Gasteiger partial charge in [0, 0.05) is 19.6 Å². The second kappa shape index (κ2) is 10.5. The van der Waals surface area contributed by atoms with Crippen molar-refractivity contribution in [3.8, 4) is 5.75 Å². The molecule has 2 aromatic rings. The molecule has 2 aliphatic rings. The fourth-order valence-corrected chi connectivity index (χ4v) is 4.01. The predicted molar refractivity (Wildman–Crippen MR) is 121 cm³/mol. The number of benzene rings is 1. The minimum atomic E-state index is -0.345. The van der Waals surface area contributed by atoms with Crippen LogP contribution >= 0.6 is 0 Å². The Morgan fingerprint density at radius 3 is 2.72 bits per heavy atom. The summed E-state index contributed by atoms with van der Waals surface area (Å²) in [4.78, 5) is 34.0. The van der Waals surface area contributed by atoms with E-state index >= 15 is 0 Å². The highest BCUT2D eigenvalue weighted by molar-refractivity contribution is 5.95. The quantitative estimate of drug-likeness (QED) is 0.749. The van der Waals surface area contributed by atoms with E-state index in [1.165, 1.54) is 0 Å². The van der Waals surface area contributed by atoms with Crippen molar-refractivity contribution in [2.45, 2.75) is 38.2 Å². The van der Waals surface area contributed by atoms with Gasteiger partial charge in [0.1, 0.15) is 23.8 Å². The summed E-state index contributed by atoms with van der Waals surface area (Å²) in [7, 11) is 0. The number of ether oxygens (including phenoxy) is 1. The number of para-hydroxylation sites is 2. The number of carbonyl (C=O) groups is 2. The number of hydrogen-bond donors (Lipinski definition) is 2. The molecule has 2 aliphatic heterocycles. The number of pyridine rings is 1. The van der Waals surface area contributed by atoms with Crippen molar-refractivity contribution in [1.82, 2.24) is 14.8 Å². The molecule has 8 nitrogen and oxygen atoms in total. The lowest BCUT2D eigenvalue weighted by molar-refractivity contribution is -0.133. The van der Waals surface area contributed by atoms with Crippen molar-refractivity contribution in [3.63, 3.8) is 0 Å². The average molecular weight is 439 g/mol. The summed E-state index contributed by atoms with van der Waals surface area (Å²) in [5, 5.41) is 12.9. The molecule has 2 N–H and O–H groups in total. The Balaban J connectivity index is 1.54. The van der Waals surface area contributed by atoms with Gasteiger partial charge in [0.15, 0.2) is 0 Å². The molecule has 0 atom stereocenters. The van der Waals surface area contributed by atoms with Gasteiger partial charge in [0.25, 0.3) is 5.91 Å². The smallest absolute Gasteiger partial charge is 0.273 e. The number of fused-ring (bicyclic) bond motifs is 3. The van der Waals surface area contributed by atoms with E-state index in [1.54, 1.807) is 28.0 Å². The fourth-order valence-electron chi connectivity index (χ4n) is 4.01. The molecule has 2 amide bonds. The van der Waals surface area contributed by atoms with Crippen molar-refractivity contribution < 1.29 is 19.4 Å². The van der Waals surface area contributed by atoms with Crippen molar-refractivity contribution in [3.05, 3.63) is 48.2 Å². The van der Waals surface area contributed by atoms with Crippen LogP contribution in [0.25, 0.3) is 0 Å². The Morgan fingerprint density at radius 2 is 1.88 bits per heavy atom. The highest BCUT2D eigenvalue weighted by Gasteiger charge is 2.26. The molecule has 2 bridgehead atoms. The lowest BCUT2D eigenvalue weighted by Gasteiger charge is -2.32. The molecule has 170 valence electrons. The third-order valence-corrected chi connectivity index (χ3v) is 5.88. The summed E-state index contributed by atoms with van der Waals surface area (Å²) in [6.45, 7) is 2.13. The van der Waals surface area contributed by atoms with E-state index in [4.69, 9.17) is 4.74 Å². The average Bonchev–Trinajstić information content (AvgIpc) is 2.81. The van der Waals surface area contributed by atoms with E-state index < -0.39 is 0 Å². The van der Waals surface area contributed by atoms with Crippen LogP contribution in [0.15, 0.2) is 42.5 Å². The second-order valence-electron chi connectivity index (χ2n) is 8.28. The van der Waals surface area contributed by atoms with Crippen molar-refractivity contribution >= 4 is 23.3 Å². The van der Waals surface area contributed by atoms with E-state index in [9.17, 15) is 14.7 Å². The number of aromatic nitrogens is 1. The van der Waals surface area contributed by atoms with E-state index in [0.717, 1.165) is 30.7 Å². The standard InChI is InChI=1S/C24H30N4O4/c29-18-11-14-27(15-12-18)23(30)17-28-13-4-1-5-16-32-21-9-3-2-7-19(21)25-22-10-6-8-20(26-22)24(28)31/h2-3,6-10,18,29H,1,4-5,11-17H2,(H,25,26). The Bertz CT molecular complexity index is 943. The van der Waals surface area contributed by atoms with Crippen LogP contribution in [-0.4, -0.2) is 70.6 Å². The van der Waals surface area contributed by atoms with Gasteiger partial charge in [0.05, 0.1) is 18.4 Å². The van der Waals surface area contributed by atoms with Crippen LogP contribution in [0.3, 0.4) is 0 Å². The number of rotatable bonds is 2. The maximum atomic E-state index is 13.3. The van der Waals surface area contributed by atoms with Crippen molar-refractivity contribution in [1.29, 1.82) is 0 Å². The molecule has 1 aromatic carbocycles. The lowest BCUT2D eigenvalue weighted by atomic mass is 10.1. The zero-order valence-corrected chi connectivity index (χ0v) is 18.2. The third kappa shape index (κ3) is 5.56. The van der Waals surface area contributed by atoms with Gasteiger partial charge in [0.2, 0.25) is 5.91 Å². The maximum absolute atomic E-state index is 13.3. The molecule has 4 rings (SSSR count). The minimum absolute atomic E-state index is 0.0214. The molecule has 0 aliphatic carbocycles. The van der Waals surface area contributed by atoms with Gasteiger partial charge in [-0.05, 0) is 56.4 Å². The number of anilines is 2. The first-order chi connectivity index (χ1) is 15.6. The first kappa shape index (κ1) is 22.1. The summed E-state index contributed by atoms with van der Waals surface area (Å²) < 4.78 is 5.95. The van der Waals surface area contributed by atoms with Crippen LogP contribution in [0.5, 0.6) is 5.75 Å². The van der Waals surface area contributed by atoms with Crippen molar-refractivity contribution in [2.75, 3.05) is 38.1 Å². The molecule has 1 saturated heterocycles. The number of aliphatic hydroxyl groups is 1. The molecule has 1 aromatic heterocycles. The summed E-state index contributed by atoms with van der Waals surface area (Å²) >= 11 is 0. The number of nitrogens with zero attached hydrogens (tertiary/aromatic N) is 3. The van der Waals surface area contributed by atoms with E-state index in [2.05, 4.69) is 10.3 Å². The molecule has 0 radical (unpaired) electrons. The number of nitrogens with one attached hydrogen (secondary N) is 1. The van der Waals surface area contributed by atoms with Crippen LogP contribution in [0.4, 0.5) is 11.5 Å². The number of piperidine rings is 1. The second-order valence-corrected chi connectivity index (χ2v) is 8.28. The monoisotopic (exact) mass is 438 g/mol. The van der Waals surface area contributed by atoms with Gasteiger partial charge in [-0.15, -0.1) is 0 Å². The van der Waals surface area contributed by atoms with Crippen LogP contribution in [0.1, 0.15) is 42.6 Å². The Kier molecular flexibility index (Phi) is 7.21. The Hall–Kier alpha value is -3.13.